The van der Waals surface area contributed by atoms with E-state index < -0.39 is 28.3 Å². The summed E-state index contributed by atoms with van der Waals surface area (Å²) in [5, 5.41) is 0. The molecule has 0 heterocycles. The standard InChI is InChI=1S/2AsF6.Sr/c2*2-1(3,4,5,6)7;/q2*-1;+2. The zero-order valence-corrected chi connectivity index (χ0v) is 13.4. The van der Waals surface area contributed by atoms with E-state index >= 15 is 0 Å². The van der Waals surface area contributed by atoms with Gasteiger partial charge in [-0.2, -0.15) is 0 Å². The fourth-order valence-electron chi connectivity index (χ4n) is 0. The molecule has 0 atom stereocenters. The van der Waals surface area contributed by atoms with Crippen LogP contribution in [0.1, 0.15) is 0 Å². The summed E-state index contributed by atoms with van der Waals surface area (Å²) in [6.07, 6.45) is 0. The van der Waals surface area contributed by atoms with Crippen molar-refractivity contribution in [2.45, 2.75) is 0 Å². The molecule has 0 amide bonds. The van der Waals surface area contributed by atoms with Crippen LogP contribution in [-0.4, -0.2) is 73.8 Å². The summed E-state index contributed by atoms with van der Waals surface area (Å²) in [5.74, 6) is 0. The van der Waals surface area contributed by atoms with Crippen LogP contribution < -0.4 is 0 Å². The zero-order chi connectivity index (χ0) is 12.8. The molecule has 0 bridgehead atoms. The molecule has 0 aliphatic rings. The Morgan fingerprint density at radius 3 is 0.333 bits per heavy atom. The molecule has 0 spiro atoms. The summed E-state index contributed by atoms with van der Waals surface area (Å²) in [6, 6.07) is 0. The molecule has 0 saturated heterocycles. The van der Waals surface area contributed by atoms with Gasteiger partial charge in [0.2, 0.25) is 0 Å². The first-order valence-electron chi connectivity index (χ1n) is 2.03. The second-order valence-electron chi connectivity index (χ2n) is 1.92. The Labute approximate surface area is 114 Å². The minimum absolute atomic E-state index is 0. The molecule has 0 aromatic heterocycles. The molecular weight excluding hydrogens is 465 g/mol. The van der Waals surface area contributed by atoms with Crippen molar-refractivity contribution in [3.8, 4) is 0 Å². The summed E-state index contributed by atoms with van der Waals surface area (Å²) >= 11 is -22.1. The summed E-state index contributed by atoms with van der Waals surface area (Å²) in [4.78, 5) is 0. The normalized spacial score (nSPS) is 21.6. The average molecular weight is 465 g/mol. The fraction of sp³-hybridized carbons (Fsp3) is 0. The maximum absolute atomic E-state index is 11.1. The molecule has 0 nitrogen and oxygen atoms in total. The SMILES string of the molecule is F[As-](F)(F)(F)(F)F.F[As-](F)(F)(F)(F)F.[Sr+2]. The molecule has 96 valence electrons. The van der Waals surface area contributed by atoms with Crippen molar-refractivity contribution < 1.29 is 41.6 Å². The topological polar surface area (TPSA) is 0 Å². The largest absolute Gasteiger partial charge is 2.00 e. The van der Waals surface area contributed by atoms with Crippen molar-refractivity contribution in [1.82, 2.24) is 0 Å². The third kappa shape index (κ3) is 966. The van der Waals surface area contributed by atoms with Crippen LogP contribution in [0.2, 0.25) is 0 Å². The van der Waals surface area contributed by atoms with Gasteiger partial charge in [-0.15, -0.1) is 0 Å². The third-order valence-electron chi connectivity index (χ3n) is 0. The Hall–Kier alpha value is 1.76. The minimum atomic E-state index is -11.1. The molecule has 0 saturated carbocycles. The van der Waals surface area contributed by atoms with Gasteiger partial charge in [-0.3, -0.25) is 0 Å². The van der Waals surface area contributed by atoms with Crippen molar-refractivity contribution in [3.05, 3.63) is 0 Å². The van der Waals surface area contributed by atoms with Crippen LogP contribution in [-0.2, 0) is 0 Å². The van der Waals surface area contributed by atoms with Crippen LogP contribution in [0.4, 0.5) is 41.6 Å². The van der Waals surface area contributed by atoms with Gasteiger partial charge in [0, 0.05) is 0 Å². The summed E-state index contributed by atoms with van der Waals surface area (Å²) in [7, 11) is 0. The van der Waals surface area contributed by atoms with Gasteiger partial charge in [-0.1, -0.05) is 0 Å². The molecule has 0 radical (unpaired) electrons. The van der Waals surface area contributed by atoms with E-state index in [1.54, 1.807) is 0 Å². The van der Waals surface area contributed by atoms with Crippen molar-refractivity contribution >= 4 is 73.8 Å². The van der Waals surface area contributed by atoms with Gasteiger partial charge in [0.15, 0.2) is 0 Å². The quantitative estimate of drug-likeness (QED) is 0.376. The van der Waals surface area contributed by atoms with E-state index in [2.05, 4.69) is 0 Å². The molecule has 0 rings (SSSR count). The molecule has 0 fully saturated rings. The van der Waals surface area contributed by atoms with Crippen molar-refractivity contribution in [1.29, 1.82) is 0 Å². The van der Waals surface area contributed by atoms with Crippen molar-refractivity contribution in [2.75, 3.05) is 0 Å². The van der Waals surface area contributed by atoms with E-state index in [1.165, 1.54) is 0 Å². The smallest absolute Gasteiger partial charge is 2.00 e. The summed E-state index contributed by atoms with van der Waals surface area (Å²) in [6.45, 7) is 0. The number of hydrogen-bond donors (Lipinski definition) is 0. The maximum atomic E-state index is 9.91. The van der Waals surface area contributed by atoms with E-state index in [0.29, 0.717) is 0 Å². The predicted molar refractivity (Wildman–Crippen MR) is 30.6 cm³/mol. The van der Waals surface area contributed by atoms with Gasteiger partial charge >= 0.3 is 115 Å². The Morgan fingerprint density at radius 2 is 0.333 bits per heavy atom. The van der Waals surface area contributed by atoms with E-state index in [0.717, 1.165) is 0 Å². The minimum Gasteiger partial charge on any atom is 2.00 e. The third-order valence-corrected chi connectivity index (χ3v) is 0. The molecule has 0 aromatic carbocycles. The van der Waals surface area contributed by atoms with E-state index in [1.807, 2.05) is 0 Å². The van der Waals surface area contributed by atoms with E-state index in [4.69, 9.17) is 0 Å². The average Bonchev–Trinajstić information content (AvgIpc) is 0.938. The maximum Gasteiger partial charge on any atom is 2.00 e. The number of halogens is 12. The molecule has 0 aromatic rings. The monoisotopic (exact) mass is 466 g/mol. The van der Waals surface area contributed by atoms with Gasteiger partial charge in [0.1, 0.15) is 0 Å². The molecule has 0 aliphatic carbocycles. The second-order valence-corrected chi connectivity index (χ2v) is 9.96. The van der Waals surface area contributed by atoms with Gasteiger partial charge in [0.25, 0.3) is 0 Å². The van der Waals surface area contributed by atoms with Crippen LogP contribution >= 0.6 is 0 Å². The first kappa shape index (κ1) is 22.0. The van der Waals surface area contributed by atoms with E-state index in [-0.39, 0.29) is 45.5 Å². The molecule has 0 unspecified atom stereocenters. The Kier molecular flexibility index (Phi) is 4.99. The van der Waals surface area contributed by atoms with Crippen LogP contribution in [0.3, 0.4) is 0 Å². The Bertz CT molecular complexity index is 161. The van der Waals surface area contributed by atoms with Gasteiger partial charge in [0.05, 0.1) is 0 Å². The summed E-state index contributed by atoms with van der Waals surface area (Å²) < 4.78 is 119. The van der Waals surface area contributed by atoms with Crippen LogP contribution in [0, 0.1) is 0 Å². The molecule has 0 aliphatic heterocycles. The zero-order valence-electron chi connectivity index (χ0n) is 6.14. The molecule has 15 heteroatoms. The van der Waals surface area contributed by atoms with Crippen LogP contribution in [0.15, 0.2) is 0 Å². The second kappa shape index (κ2) is 3.40. The van der Waals surface area contributed by atoms with Gasteiger partial charge in [-0.05, 0) is 0 Å². The molecule has 15 heavy (non-hydrogen) atoms. The number of rotatable bonds is 0. The van der Waals surface area contributed by atoms with E-state index in [9.17, 15) is 41.6 Å². The Balaban J connectivity index is -0.000000180. The Morgan fingerprint density at radius 1 is 0.333 bits per heavy atom. The van der Waals surface area contributed by atoms with Gasteiger partial charge in [-0.25, -0.2) is 0 Å². The van der Waals surface area contributed by atoms with Crippen molar-refractivity contribution in [2.24, 2.45) is 0 Å². The first-order valence-corrected chi connectivity index (χ1v) is 10.5. The van der Waals surface area contributed by atoms with Crippen LogP contribution in [0.5, 0.6) is 0 Å². The predicted octanol–water partition coefficient (Wildman–Crippen LogP) is 3.90. The summed E-state index contributed by atoms with van der Waals surface area (Å²) in [5.41, 5.74) is 0. The fourth-order valence-corrected chi connectivity index (χ4v) is 0. The molecular formula is As2F12Sr. The van der Waals surface area contributed by atoms with Gasteiger partial charge < -0.3 is 0 Å². The number of hydrogen-bond acceptors (Lipinski definition) is 0. The molecule has 0 N–H and O–H groups in total. The van der Waals surface area contributed by atoms with Crippen molar-refractivity contribution in [3.63, 3.8) is 0 Å². The first-order chi connectivity index (χ1) is 4.90. The van der Waals surface area contributed by atoms with Crippen LogP contribution in [0.25, 0.3) is 0 Å².